The SMILES string of the molecule is CN(C)c1ccc(C2(C(=O)O)CC2)cn1. The summed E-state index contributed by atoms with van der Waals surface area (Å²) in [6.07, 6.45) is 3.13. The van der Waals surface area contributed by atoms with E-state index in [1.807, 2.05) is 31.1 Å². The van der Waals surface area contributed by atoms with E-state index in [4.69, 9.17) is 5.11 Å². The molecule has 0 saturated heterocycles. The number of pyridine rings is 1. The quantitative estimate of drug-likeness (QED) is 0.809. The molecule has 1 heterocycles. The van der Waals surface area contributed by atoms with Gasteiger partial charge in [-0.1, -0.05) is 6.07 Å². The first-order valence-corrected chi connectivity index (χ1v) is 4.93. The Labute approximate surface area is 88.6 Å². The highest BCUT2D eigenvalue weighted by Gasteiger charge is 2.51. The molecule has 0 unspecified atom stereocenters. The van der Waals surface area contributed by atoms with Crippen LogP contribution in [0.1, 0.15) is 18.4 Å². The average molecular weight is 206 g/mol. The Bertz CT molecular complexity index is 380. The minimum absolute atomic E-state index is 0.641. The van der Waals surface area contributed by atoms with E-state index in [9.17, 15) is 4.79 Å². The third-order valence-electron chi connectivity index (χ3n) is 2.92. The lowest BCUT2D eigenvalue weighted by Gasteiger charge is -2.13. The molecule has 0 radical (unpaired) electrons. The molecular formula is C11H14N2O2. The van der Waals surface area contributed by atoms with Crippen LogP contribution in [0, 0.1) is 0 Å². The van der Waals surface area contributed by atoms with E-state index < -0.39 is 11.4 Å². The van der Waals surface area contributed by atoms with Crippen LogP contribution in [-0.2, 0) is 10.2 Å². The number of aliphatic carboxylic acids is 1. The topological polar surface area (TPSA) is 53.4 Å². The second-order valence-corrected chi connectivity index (χ2v) is 4.19. The highest BCUT2D eigenvalue weighted by molar-refractivity contribution is 5.84. The van der Waals surface area contributed by atoms with Crippen LogP contribution in [0.25, 0.3) is 0 Å². The van der Waals surface area contributed by atoms with Crippen LogP contribution in [0.2, 0.25) is 0 Å². The van der Waals surface area contributed by atoms with Crippen LogP contribution in [0.4, 0.5) is 5.82 Å². The summed E-state index contributed by atoms with van der Waals surface area (Å²) >= 11 is 0. The normalized spacial score (nSPS) is 17.2. The molecule has 1 aromatic heterocycles. The van der Waals surface area contributed by atoms with Gasteiger partial charge in [-0.3, -0.25) is 4.79 Å². The van der Waals surface area contributed by atoms with E-state index in [2.05, 4.69) is 4.98 Å². The third kappa shape index (κ3) is 1.56. The van der Waals surface area contributed by atoms with Gasteiger partial charge in [0.2, 0.25) is 0 Å². The van der Waals surface area contributed by atoms with Gasteiger partial charge in [0.05, 0.1) is 5.41 Å². The Morgan fingerprint density at radius 1 is 1.47 bits per heavy atom. The number of rotatable bonds is 3. The van der Waals surface area contributed by atoms with E-state index in [1.165, 1.54) is 0 Å². The summed E-state index contributed by atoms with van der Waals surface area (Å²) in [6, 6.07) is 3.72. The number of hydrogen-bond acceptors (Lipinski definition) is 3. The van der Waals surface area contributed by atoms with E-state index >= 15 is 0 Å². The number of carbonyl (C=O) groups is 1. The molecule has 1 aromatic rings. The van der Waals surface area contributed by atoms with Gasteiger partial charge in [0.25, 0.3) is 0 Å². The maximum Gasteiger partial charge on any atom is 0.314 e. The van der Waals surface area contributed by atoms with Gasteiger partial charge in [0.15, 0.2) is 0 Å². The fourth-order valence-corrected chi connectivity index (χ4v) is 1.68. The van der Waals surface area contributed by atoms with Crippen LogP contribution in [0.15, 0.2) is 18.3 Å². The summed E-state index contributed by atoms with van der Waals surface area (Å²) in [5.74, 6) is 0.113. The Kier molecular flexibility index (Phi) is 2.14. The zero-order valence-corrected chi connectivity index (χ0v) is 8.90. The van der Waals surface area contributed by atoms with E-state index in [1.54, 1.807) is 6.20 Å². The van der Waals surface area contributed by atoms with Gasteiger partial charge < -0.3 is 10.0 Å². The standard InChI is InChI=1S/C11H14N2O2/c1-13(2)9-4-3-8(7-12-9)11(5-6-11)10(14)15/h3-4,7H,5-6H2,1-2H3,(H,14,15). The van der Waals surface area contributed by atoms with Crippen LogP contribution in [0.3, 0.4) is 0 Å². The van der Waals surface area contributed by atoms with Gasteiger partial charge in [0.1, 0.15) is 5.82 Å². The van der Waals surface area contributed by atoms with Crippen molar-refractivity contribution >= 4 is 11.8 Å². The first kappa shape index (κ1) is 9.96. The lowest BCUT2D eigenvalue weighted by molar-refractivity contribution is -0.140. The summed E-state index contributed by atoms with van der Waals surface area (Å²) in [5, 5.41) is 9.10. The van der Waals surface area contributed by atoms with Gasteiger partial charge in [-0.2, -0.15) is 0 Å². The zero-order valence-electron chi connectivity index (χ0n) is 8.90. The predicted molar refractivity (Wildman–Crippen MR) is 57.1 cm³/mol. The van der Waals surface area contributed by atoms with Gasteiger partial charge >= 0.3 is 5.97 Å². The number of hydrogen-bond donors (Lipinski definition) is 1. The van der Waals surface area contributed by atoms with Crippen molar-refractivity contribution in [2.45, 2.75) is 18.3 Å². The monoisotopic (exact) mass is 206 g/mol. The molecule has 0 aromatic carbocycles. The van der Waals surface area contributed by atoms with E-state index in [0.717, 1.165) is 24.2 Å². The maximum atomic E-state index is 11.1. The van der Waals surface area contributed by atoms with Crippen molar-refractivity contribution in [2.24, 2.45) is 0 Å². The Morgan fingerprint density at radius 3 is 2.47 bits per heavy atom. The summed E-state index contributed by atoms with van der Waals surface area (Å²) in [6.45, 7) is 0. The molecule has 1 saturated carbocycles. The van der Waals surface area contributed by atoms with Crippen LogP contribution in [-0.4, -0.2) is 30.2 Å². The van der Waals surface area contributed by atoms with Gasteiger partial charge in [0, 0.05) is 20.3 Å². The Balaban J connectivity index is 2.28. The zero-order chi connectivity index (χ0) is 11.1. The second-order valence-electron chi connectivity index (χ2n) is 4.19. The van der Waals surface area contributed by atoms with E-state index in [0.29, 0.717) is 0 Å². The largest absolute Gasteiger partial charge is 0.481 e. The molecule has 1 fully saturated rings. The first-order valence-electron chi connectivity index (χ1n) is 4.93. The summed E-state index contributed by atoms with van der Waals surface area (Å²) in [7, 11) is 3.82. The second kappa shape index (κ2) is 3.22. The van der Waals surface area contributed by atoms with Crippen molar-refractivity contribution in [3.05, 3.63) is 23.9 Å². The fraction of sp³-hybridized carbons (Fsp3) is 0.455. The Morgan fingerprint density at radius 2 is 2.13 bits per heavy atom. The highest BCUT2D eigenvalue weighted by Crippen LogP contribution is 2.48. The number of carboxylic acids is 1. The molecule has 2 rings (SSSR count). The van der Waals surface area contributed by atoms with Crippen molar-refractivity contribution < 1.29 is 9.90 Å². The molecule has 0 aliphatic heterocycles. The first-order chi connectivity index (χ1) is 7.06. The van der Waals surface area contributed by atoms with Gasteiger partial charge in [-0.25, -0.2) is 4.98 Å². The molecular weight excluding hydrogens is 192 g/mol. The average Bonchev–Trinajstić information content (AvgIpc) is 2.98. The van der Waals surface area contributed by atoms with Crippen molar-refractivity contribution in [1.29, 1.82) is 0 Å². The molecule has 0 amide bonds. The molecule has 4 heteroatoms. The lowest BCUT2D eigenvalue weighted by Crippen LogP contribution is -2.20. The van der Waals surface area contributed by atoms with Crippen LogP contribution < -0.4 is 4.90 Å². The Hall–Kier alpha value is -1.58. The van der Waals surface area contributed by atoms with Crippen molar-refractivity contribution in [3.63, 3.8) is 0 Å². The van der Waals surface area contributed by atoms with Gasteiger partial charge in [-0.15, -0.1) is 0 Å². The van der Waals surface area contributed by atoms with Crippen molar-refractivity contribution in [3.8, 4) is 0 Å². The third-order valence-corrected chi connectivity index (χ3v) is 2.92. The lowest BCUT2D eigenvalue weighted by atomic mass is 9.98. The molecule has 1 N–H and O–H groups in total. The van der Waals surface area contributed by atoms with E-state index in [-0.39, 0.29) is 0 Å². The molecule has 15 heavy (non-hydrogen) atoms. The summed E-state index contributed by atoms with van der Waals surface area (Å²) in [4.78, 5) is 17.2. The molecule has 80 valence electrons. The number of carboxylic acid groups (broad SMARTS) is 1. The summed E-state index contributed by atoms with van der Waals surface area (Å²) < 4.78 is 0. The van der Waals surface area contributed by atoms with Crippen LogP contribution in [0.5, 0.6) is 0 Å². The molecule has 0 spiro atoms. The summed E-state index contributed by atoms with van der Waals surface area (Å²) in [5.41, 5.74) is 0.179. The number of aromatic nitrogens is 1. The molecule has 0 bridgehead atoms. The maximum absolute atomic E-state index is 11.1. The number of nitrogens with zero attached hydrogens (tertiary/aromatic N) is 2. The van der Waals surface area contributed by atoms with Crippen molar-refractivity contribution in [1.82, 2.24) is 4.98 Å². The fourth-order valence-electron chi connectivity index (χ4n) is 1.68. The minimum atomic E-state index is -0.734. The minimum Gasteiger partial charge on any atom is -0.481 e. The smallest absolute Gasteiger partial charge is 0.314 e. The predicted octanol–water partition coefficient (Wildman–Crippen LogP) is 1.26. The number of anilines is 1. The van der Waals surface area contributed by atoms with Crippen molar-refractivity contribution in [2.75, 3.05) is 19.0 Å². The molecule has 4 nitrogen and oxygen atoms in total. The molecule has 1 aliphatic rings. The highest BCUT2D eigenvalue weighted by atomic mass is 16.4. The van der Waals surface area contributed by atoms with Crippen LogP contribution >= 0.6 is 0 Å². The van der Waals surface area contributed by atoms with Gasteiger partial charge in [-0.05, 0) is 24.5 Å². The molecule has 1 aliphatic carbocycles. The molecule has 0 atom stereocenters.